The number of fused-ring (bicyclic) bond motifs is 1. The lowest BCUT2D eigenvalue weighted by molar-refractivity contribution is -0.117. The molecule has 178 valence electrons. The van der Waals surface area contributed by atoms with Crippen LogP contribution in [0.15, 0.2) is 54.9 Å². The zero-order valence-corrected chi connectivity index (χ0v) is 20.6. The molecule has 3 heterocycles. The lowest BCUT2D eigenvalue weighted by atomic mass is 10.1. The van der Waals surface area contributed by atoms with Gasteiger partial charge < -0.3 is 20.9 Å². The molecule has 0 spiro atoms. The van der Waals surface area contributed by atoms with Gasteiger partial charge in [0, 0.05) is 35.4 Å². The molecule has 0 aliphatic rings. The number of pyridine rings is 1. The summed E-state index contributed by atoms with van der Waals surface area (Å²) in [5, 5.41) is 13.0. The van der Waals surface area contributed by atoms with Crippen molar-refractivity contribution in [2.24, 2.45) is 5.73 Å². The summed E-state index contributed by atoms with van der Waals surface area (Å²) in [6.45, 7) is 4.51. The first-order valence-electron chi connectivity index (χ1n) is 11.0. The topological polar surface area (TPSA) is 102 Å². The molecule has 0 unspecified atom stereocenters. The minimum Gasteiger partial charge on any atom is -0.485 e. The van der Waals surface area contributed by atoms with Crippen LogP contribution in [0.5, 0.6) is 5.75 Å². The molecule has 9 heteroatoms. The zero-order chi connectivity index (χ0) is 24.2. The van der Waals surface area contributed by atoms with Crippen LogP contribution >= 0.6 is 22.9 Å². The highest BCUT2D eigenvalue weighted by molar-refractivity contribution is 7.15. The summed E-state index contributed by atoms with van der Waals surface area (Å²) >= 11 is 8.04. The van der Waals surface area contributed by atoms with Crippen molar-refractivity contribution in [3.05, 3.63) is 75.9 Å². The number of nitrogens with one attached hydrogen (secondary N) is 1. The number of hydrogen-bond donors (Lipinski definition) is 3. The summed E-state index contributed by atoms with van der Waals surface area (Å²) in [5.41, 5.74) is 9.12. The van der Waals surface area contributed by atoms with Gasteiger partial charge in [-0.2, -0.15) is 0 Å². The molecule has 4 aromatic rings. The Morgan fingerprint density at radius 2 is 2.12 bits per heavy atom. The third kappa shape index (κ3) is 5.42. The number of rotatable bonds is 10. The molecule has 2 atom stereocenters. The van der Waals surface area contributed by atoms with Crippen molar-refractivity contribution in [3.63, 3.8) is 0 Å². The van der Waals surface area contributed by atoms with Gasteiger partial charge in [0.05, 0.1) is 34.7 Å². The average molecular weight is 499 g/mol. The van der Waals surface area contributed by atoms with Crippen LogP contribution in [0.3, 0.4) is 0 Å². The SMILES string of the molecule is C[C@@H](CO)NCc1ccc([C@@H](C)Oc2cc(-c3cnc4ccccn34)sc2CC(N)=O)c(Cl)c1. The molecule has 0 saturated carbocycles. The van der Waals surface area contributed by atoms with Gasteiger partial charge in [-0.15, -0.1) is 11.3 Å². The molecular weight excluding hydrogens is 472 g/mol. The standard InChI is InChI=1S/C25H27ClN4O3S/c1-15(14-31)28-12-17-6-7-18(19(26)9-17)16(2)33-21-10-22(34-23(21)11-24(27)32)20-13-29-25-5-3-4-8-30(20)25/h3-10,13,15-16,28,31H,11-12,14H2,1-2H3,(H2,27,32)/t15-,16+/m0/s1. The highest BCUT2D eigenvalue weighted by Gasteiger charge is 2.20. The molecule has 0 radical (unpaired) electrons. The number of hydrogen-bond acceptors (Lipinski definition) is 6. The van der Waals surface area contributed by atoms with E-state index in [9.17, 15) is 9.90 Å². The fourth-order valence-corrected chi connectivity index (χ4v) is 5.12. The number of aromatic nitrogens is 2. The maximum absolute atomic E-state index is 11.7. The van der Waals surface area contributed by atoms with E-state index in [1.165, 1.54) is 11.3 Å². The van der Waals surface area contributed by atoms with Crippen LogP contribution in [0.2, 0.25) is 5.02 Å². The van der Waals surface area contributed by atoms with Crippen LogP contribution in [0.4, 0.5) is 0 Å². The van der Waals surface area contributed by atoms with Gasteiger partial charge in [0.25, 0.3) is 0 Å². The number of aliphatic hydroxyl groups excluding tert-OH is 1. The van der Waals surface area contributed by atoms with Gasteiger partial charge in [0.2, 0.25) is 5.91 Å². The summed E-state index contributed by atoms with van der Waals surface area (Å²) in [4.78, 5) is 17.9. The largest absolute Gasteiger partial charge is 0.485 e. The Morgan fingerprint density at radius 1 is 1.29 bits per heavy atom. The van der Waals surface area contributed by atoms with Gasteiger partial charge in [0.15, 0.2) is 0 Å². The van der Waals surface area contributed by atoms with Crippen LogP contribution in [0.1, 0.15) is 36.0 Å². The van der Waals surface area contributed by atoms with Crippen LogP contribution in [0, 0.1) is 0 Å². The molecule has 4 N–H and O–H groups in total. The van der Waals surface area contributed by atoms with E-state index in [4.69, 9.17) is 22.1 Å². The third-order valence-corrected chi connectivity index (χ3v) is 6.98. The molecular formula is C25H27ClN4O3S. The smallest absolute Gasteiger partial charge is 0.222 e. The first-order chi connectivity index (χ1) is 16.4. The molecule has 4 rings (SSSR count). The van der Waals surface area contributed by atoms with Gasteiger partial charge in [0.1, 0.15) is 17.5 Å². The van der Waals surface area contributed by atoms with Crippen molar-refractivity contribution in [1.29, 1.82) is 0 Å². The Kier molecular flexibility index (Phi) is 7.53. The van der Waals surface area contributed by atoms with E-state index in [1.54, 1.807) is 0 Å². The first-order valence-corrected chi connectivity index (χ1v) is 12.2. The van der Waals surface area contributed by atoms with Crippen molar-refractivity contribution in [2.45, 2.75) is 39.0 Å². The van der Waals surface area contributed by atoms with Crippen molar-refractivity contribution >= 4 is 34.5 Å². The molecule has 0 aliphatic heterocycles. The van der Waals surface area contributed by atoms with Gasteiger partial charge in [-0.05, 0) is 37.6 Å². The summed E-state index contributed by atoms with van der Waals surface area (Å²) in [6, 6.07) is 13.6. The second kappa shape index (κ2) is 10.6. The number of halogens is 1. The molecule has 0 bridgehead atoms. The van der Waals surface area contributed by atoms with Crippen LogP contribution in [-0.4, -0.2) is 33.0 Å². The van der Waals surface area contributed by atoms with E-state index in [2.05, 4.69) is 10.3 Å². The first kappa shape index (κ1) is 24.2. The number of carbonyl (C=O) groups excluding carboxylic acids is 1. The summed E-state index contributed by atoms with van der Waals surface area (Å²) in [5.74, 6) is 0.187. The minimum absolute atomic E-state index is 0.00471. The molecule has 34 heavy (non-hydrogen) atoms. The van der Waals surface area contributed by atoms with Gasteiger partial charge in [-0.25, -0.2) is 4.98 Å². The fourth-order valence-electron chi connectivity index (χ4n) is 3.66. The number of imidazole rings is 1. The molecule has 7 nitrogen and oxygen atoms in total. The number of primary amides is 1. The molecule has 0 fully saturated rings. The highest BCUT2D eigenvalue weighted by Crippen LogP contribution is 2.39. The minimum atomic E-state index is -0.420. The average Bonchev–Trinajstić information content (AvgIpc) is 3.41. The zero-order valence-electron chi connectivity index (χ0n) is 19.0. The van der Waals surface area contributed by atoms with E-state index in [1.807, 2.05) is 73.1 Å². The number of aliphatic hydroxyl groups is 1. The second-order valence-electron chi connectivity index (χ2n) is 8.19. The Labute approximate surface area is 207 Å². The Morgan fingerprint density at radius 3 is 2.85 bits per heavy atom. The van der Waals surface area contributed by atoms with Crippen LogP contribution < -0.4 is 15.8 Å². The summed E-state index contributed by atoms with van der Waals surface area (Å²) in [6.07, 6.45) is 3.50. The number of nitrogens with two attached hydrogens (primary N) is 1. The van der Waals surface area contributed by atoms with E-state index in [0.717, 1.165) is 32.2 Å². The summed E-state index contributed by atoms with van der Waals surface area (Å²) < 4.78 is 8.29. The number of amides is 1. The molecule has 3 aromatic heterocycles. The quantitative estimate of drug-likeness (QED) is 0.301. The van der Waals surface area contributed by atoms with E-state index >= 15 is 0 Å². The Bertz CT molecular complexity index is 1300. The Balaban J connectivity index is 1.58. The molecule has 0 aliphatic carbocycles. The predicted molar refractivity (Wildman–Crippen MR) is 135 cm³/mol. The van der Waals surface area contributed by atoms with Crippen molar-refractivity contribution in [1.82, 2.24) is 14.7 Å². The van der Waals surface area contributed by atoms with Gasteiger partial charge in [-0.1, -0.05) is 29.8 Å². The number of ether oxygens (including phenoxy) is 1. The monoisotopic (exact) mass is 498 g/mol. The lowest BCUT2D eigenvalue weighted by Crippen LogP contribution is -2.28. The number of carbonyl (C=O) groups is 1. The van der Waals surface area contributed by atoms with Crippen molar-refractivity contribution < 1.29 is 14.6 Å². The van der Waals surface area contributed by atoms with Gasteiger partial charge in [-0.3, -0.25) is 9.20 Å². The van der Waals surface area contributed by atoms with E-state index < -0.39 is 5.91 Å². The third-order valence-electron chi connectivity index (χ3n) is 5.51. The van der Waals surface area contributed by atoms with Crippen molar-refractivity contribution in [2.75, 3.05) is 6.61 Å². The number of nitrogens with zero attached hydrogens (tertiary/aromatic N) is 2. The summed E-state index contributed by atoms with van der Waals surface area (Å²) in [7, 11) is 0. The van der Waals surface area contributed by atoms with Crippen LogP contribution in [0.25, 0.3) is 16.2 Å². The Hall–Kier alpha value is -2.91. The molecule has 0 saturated heterocycles. The normalized spacial score (nSPS) is 13.2. The lowest BCUT2D eigenvalue weighted by Gasteiger charge is -2.18. The second-order valence-corrected chi connectivity index (χ2v) is 9.74. The maximum atomic E-state index is 11.7. The molecule has 1 amide bonds. The molecule has 1 aromatic carbocycles. The van der Waals surface area contributed by atoms with E-state index in [-0.39, 0.29) is 25.2 Å². The maximum Gasteiger partial charge on any atom is 0.222 e. The number of thiophene rings is 1. The van der Waals surface area contributed by atoms with Crippen molar-refractivity contribution in [3.8, 4) is 16.3 Å². The van der Waals surface area contributed by atoms with Gasteiger partial charge >= 0.3 is 0 Å². The highest BCUT2D eigenvalue weighted by atomic mass is 35.5. The fraction of sp³-hybridized carbons (Fsp3) is 0.280. The number of benzene rings is 1. The van der Waals surface area contributed by atoms with E-state index in [0.29, 0.717) is 17.3 Å². The predicted octanol–water partition coefficient (Wildman–Crippen LogP) is 4.35. The van der Waals surface area contributed by atoms with Crippen LogP contribution in [-0.2, 0) is 17.8 Å².